The van der Waals surface area contributed by atoms with E-state index in [0.29, 0.717) is 48.6 Å². The zero-order valence-electron chi connectivity index (χ0n) is 20.6. The summed E-state index contributed by atoms with van der Waals surface area (Å²) in [5.41, 5.74) is 3.50. The predicted molar refractivity (Wildman–Crippen MR) is 135 cm³/mol. The number of aromatic nitrogens is 2. The van der Waals surface area contributed by atoms with E-state index in [4.69, 9.17) is 9.26 Å². The maximum absolute atomic E-state index is 12.7. The van der Waals surface area contributed by atoms with Crippen molar-refractivity contribution in [3.05, 3.63) is 53.1 Å². The monoisotopic (exact) mass is 521 g/mol. The van der Waals surface area contributed by atoms with Gasteiger partial charge in [0, 0.05) is 30.3 Å². The van der Waals surface area contributed by atoms with Gasteiger partial charge in [0.05, 0.1) is 11.7 Å². The van der Waals surface area contributed by atoms with Gasteiger partial charge in [-0.3, -0.25) is 4.79 Å². The molecule has 1 saturated heterocycles. The summed E-state index contributed by atoms with van der Waals surface area (Å²) >= 11 is 0. The van der Waals surface area contributed by atoms with Crippen LogP contribution in [0.2, 0.25) is 0 Å². The smallest absolute Gasteiger partial charge is 0.258 e. The molecule has 3 aromatic rings. The fourth-order valence-corrected chi connectivity index (χ4v) is 5.89. The van der Waals surface area contributed by atoms with Crippen molar-refractivity contribution in [2.24, 2.45) is 0 Å². The van der Waals surface area contributed by atoms with E-state index in [0.717, 1.165) is 23.1 Å². The average Bonchev–Trinajstić information content (AvgIpc) is 3.45. The van der Waals surface area contributed by atoms with Crippen LogP contribution in [-0.2, 0) is 21.2 Å². The van der Waals surface area contributed by atoms with Gasteiger partial charge in [0.2, 0.25) is 21.8 Å². The maximum Gasteiger partial charge on any atom is 0.258 e. The Kier molecular flexibility index (Phi) is 6.70. The first-order valence-corrected chi connectivity index (χ1v) is 13.8. The van der Waals surface area contributed by atoms with Gasteiger partial charge in [0.25, 0.3) is 5.89 Å². The molecule has 0 saturated carbocycles. The summed E-state index contributed by atoms with van der Waals surface area (Å²) in [4.78, 5) is 18.3. The minimum Gasteiger partial charge on any atom is -0.490 e. The van der Waals surface area contributed by atoms with E-state index in [-0.39, 0.29) is 17.9 Å². The molecule has 1 N–H and O–H groups in total. The molecule has 1 aliphatic carbocycles. The number of nitrogens with one attached hydrogen (secondary N) is 1. The molecule has 2 aromatic carbocycles. The van der Waals surface area contributed by atoms with Crippen molar-refractivity contribution in [1.82, 2.24) is 19.8 Å². The molecule has 192 valence electrons. The molecule has 1 aliphatic heterocycles. The van der Waals surface area contributed by atoms with Gasteiger partial charge in [-0.25, -0.2) is 13.1 Å². The molecular weight excluding hydrogens is 494 g/mol. The minimum absolute atomic E-state index is 0.0672. The van der Waals surface area contributed by atoms with Crippen LogP contribution in [0.1, 0.15) is 49.4 Å². The van der Waals surface area contributed by atoms with Crippen LogP contribution in [0.25, 0.3) is 22.8 Å². The fourth-order valence-electron chi connectivity index (χ4n) is 4.62. The number of rotatable bonds is 8. The lowest BCUT2D eigenvalue weighted by atomic mass is 10.0. The topological polar surface area (TPSA) is 138 Å². The van der Waals surface area contributed by atoms with Gasteiger partial charge in [-0.05, 0) is 62.4 Å². The van der Waals surface area contributed by atoms with Gasteiger partial charge < -0.3 is 14.2 Å². The van der Waals surface area contributed by atoms with E-state index in [1.807, 2.05) is 32.0 Å². The molecule has 1 aromatic heterocycles. The lowest BCUT2D eigenvalue weighted by molar-refractivity contribution is -0.131. The van der Waals surface area contributed by atoms with Crippen LogP contribution in [0.15, 0.2) is 40.9 Å². The number of sulfonamides is 1. The molecule has 0 radical (unpaired) electrons. The first kappa shape index (κ1) is 24.9. The van der Waals surface area contributed by atoms with E-state index < -0.39 is 21.8 Å². The van der Waals surface area contributed by atoms with Gasteiger partial charge in [-0.15, -0.1) is 0 Å². The Balaban J connectivity index is 1.36. The van der Waals surface area contributed by atoms with Crippen LogP contribution in [0.4, 0.5) is 0 Å². The van der Waals surface area contributed by atoms with Crippen molar-refractivity contribution in [1.29, 1.82) is 5.26 Å². The van der Waals surface area contributed by atoms with Crippen molar-refractivity contribution in [2.75, 3.05) is 18.8 Å². The number of likely N-dealkylation sites (tertiary alicyclic amines) is 1. The van der Waals surface area contributed by atoms with Crippen LogP contribution < -0.4 is 9.46 Å². The normalized spacial score (nSPS) is 16.8. The van der Waals surface area contributed by atoms with Crippen LogP contribution in [0.5, 0.6) is 5.75 Å². The predicted octanol–water partition coefficient (Wildman–Crippen LogP) is 3.20. The highest BCUT2D eigenvalue weighted by atomic mass is 32.2. The summed E-state index contributed by atoms with van der Waals surface area (Å²) in [6.07, 6.45) is 2.04. The Morgan fingerprint density at radius 3 is 2.81 bits per heavy atom. The number of carbonyl (C=O) groups excluding carboxylic acids is 1. The number of amides is 1. The second-order valence-electron chi connectivity index (χ2n) is 9.49. The molecule has 0 spiro atoms. The molecule has 5 rings (SSSR count). The quantitative estimate of drug-likeness (QED) is 0.477. The van der Waals surface area contributed by atoms with Gasteiger partial charge in [0.15, 0.2) is 0 Å². The summed E-state index contributed by atoms with van der Waals surface area (Å²) in [5.74, 6) is 0.220. The Morgan fingerprint density at radius 1 is 1.30 bits per heavy atom. The summed E-state index contributed by atoms with van der Waals surface area (Å²) in [6, 6.07) is 12.4. The Morgan fingerprint density at radius 2 is 2.11 bits per heavy atom. The second kappa shape index (κ2) is 9.95. The van der Waals surface area contributed by atoms with Gasteiger partial charge >= 0.3 is 0 Å². The van der Waals surface area contributed by atoms with E-state index in [1.165, 1.54) is 0 Å². The van der Waals surface area contributed by atoms with Gasteiger partial charge in [-0.1, -0.05) is 23.4 Å². The van der Waals surface area contributed by atoms with Crippen molar-refractivity contribution in [3.63, 3.8) is 0 Å². The maximum atomic E-state index is 12.7. The molecule has 0 bridgehead atoms. The third kappa shape index (κ3) is 5.21. The highest BCUT2D eigenvalue weighted by molar-refractivity contribution is 7.90. The van der Waals surface area contributed by atoms with Gasteiger partial charge in [-0.2, -0.15) is 10.2 Å². The largest absolute Gasteiger partial charge is 0.490 e. The Hall–Kier alpha value is -3.75. The van der Waals surface area contributed by atoms with Crippen molar-refractivity contribution >= 4 is 15.9 Å². The number of carbonyl (C=O) groups is 1. The first-order chi connectivity index (χ1) is 17.7. The molecule has 1 atom stereocenters. The highest BCUT2D eigenvalue weighted by Crippen LogP contribution is 2.38. The van der Waals surface area contributed by atoms with Crippen LogP contribution >= 0.6 is 0 Å². The number of nitrogens with zero attached hydrogens (tertiary/aromatic N) is 4. The van der Waals surface area contributed by atoms with Gasteiger partial charge in [0.1, 0.15) is 17.6 Å². The molecule has 10 nitrogen and oxygen atoms in total. The molecule has 11 heteroatoms. The van der Waals surface area contributed by atoms with Crippen molar-refractivity contribution in [2.45, 2.75) is 45.3 Å². The summed E-state index contributed by atoms with van der Waals surface area (Å²) in [5, 5.41) is 13.7. The van der Waals surface area contributed by atoms with E-state index in [2.05, 4.69) is 20.9 Å². The van der Waals surface area contributed by atoms with Crippen LogP contribution in [0, 0.1) is 11.3 Å². The lowest BCUT2D eigenvalue weighted by Crippen LogP contribution is -2.46. The van der Waals surface area contributed by atoms with E-state index >= 15 is 0 Å². The second-order valence-corrected chi connectivity index (χ2v) is 11.2. The standard InChI is InChI=1S/C26H27N5O5S/c1-16(2)35-23-10-7-17(13-18(23)14-27)26-28-25(29-36-26)21-6-3-5-20-19(21)8-9-22(20)30-37(33,34)15-24(32)31-11-4-12-31/h3,5-7,10,13,16,22,30H,4,8-9,11-12,15H2,1-2H3. The van der Waals surface area contributed by atoms with Crippen molar-refractivity contribution in [3.8, 4) is 34.7 Å². The minimum atomic E-state index is -3.78. The van der Waals surface area contributed by atoms with Crippen LogP contribution in [0.3, 0.4) is 0 Å². The summed E-state index contributed by atoms with van der Waals surface area (Å²) < 4.78 is 39.2. The fraction of sp³-hybridized carbons (Fsp3) is 0.385. The highest BCUT2D eigenvalue weighted by Gasteiger charge is 2.32. The van der Waals surface area contributed by atoms with Crippen molar-refractivity contribution < 1.29 is 22.5 Å². The number of benzene rings is 2. The SMILES string of the molecule is CC(C)Oc1ccc(-c2nc(-c3cccc4c3CCC4NS(=O)(=O)CC(=O)N3CCC3)no2)cc1C#N. The first-order valence-electron chi connectivity index (χ1n) is 12.2. The third-order valence-corrected chi connectivity index (χ3v) is 7.76. The number of nitriles is 1. The molecule has 2 aliphatic rings. The van der Waals surface area contributed by atoms with Crippen LogP contribution in [-0.4, -0.2) is 54.3 Å². The molecule has 37 heavy (non-hydrogen) atoms. The molecule has 1 fully saturated rings. The summed E-state index contributed by atoms with van der Waals surface area (Å²) in [6.45, 7) is 5.01. The number of hydrogen-bond donors (Lipinski definition) is 1. The van der Waals surface area contributed by atoms with E-state index in [1.54, 1.807) is 23.1 Å². The third-order valence-electron chi connectivity index (χ3n) is 6.49. The van der Waals surface area contributed by atoms with E-state index in [9.17, 15) is 18.5 Å². The molecular formula is C26H27N5O5S. The zero-order valence-corrected chi connectivity index (χ0v) is 21.4. The lowest BCUT2D eigenvalue weighted by Gasteiger charge is -2.30. The number of hydrogen-bond acceptors (Lipinski definition) is 8. The number of ether oxygens (including phenoxy) is 1. The molecule has 2 heterocycles. The summed E-state index contributed by atoms with van der Waals surface area (Å²) in [7, 11) is -3.78. The zero-order chi connectivity index (χ0) is 26.2. The number of fused-ring (bicyclic) bond motifs is 1. The Bertz CT molecular complexity index is 1490. The molecule has 1 unspecified atom stereocenters. The molecule has 1 amide bonds. The Labute approximate surface area is 215 Å². The average molecular weight is 522 g/mol.